The molecular weight excluding hydrogens is 637 g/mol. The molecular formula is C26H20BrCl2NO6S2. The molecule has 1 aliphatic rings. The van der Waals surface area contributed by atoms with Gasteiger partial charge in [-0.2, -0.15) is 8.42 Å². The van der Waals surface area contributed by atoms with Crippen LogP contribution in [0.4, 0.5) is 4.79 Å². The number of hydrogen-bond donors (Lipinski definition) is 0. The second kappa shape index (κ2) is 11.7. The maximum atomic E-state index is 13.0. The van der Waals surface area contributed by atoms with Crippen LogP contribution in [0.5, 0.6) is 11.5 Å². The molecule has 1 heterocycles. The van der Waals surface area contributed by atoms with Gasteiger partial charge in [0.25, 0.3) is 11.1 Å². The van der Waals surface area contributed by atoms with Crippen molar-refractivity contribution in [1.82, 2.24) is 4.90 Å². The van der Waals surface area contributed by atoms with Crippen LogP contribution in [0.3, 0.4) is 0 Å². The van der Waals surface area contributed by atoms with Crippen LogP contribution in [0, 0.1) is 6.92 Å². The highest BCUT2D eigenvalue weighted by atomic mass is 79.9. The van der Waals surface area contributed by atoms with E-state index in [-0.39, 0.29) is 34.5 Å². The third-order valence-corrected chi connectivity index (χ3v) is 8.80. The number of aryl methyl sites for hydroxylation is 1. The number of carbonyl (C=O) groups is 2. The molecule has 0 unspecified atom stereocenters. The van der Waals surface area contributed by atoms with Crippen molar-refractivity contribution < 1.29 is 26.9 Å². The highest BCUT2D eigenvalue weighted by molar-refractivity contribution is 9.10. The number of imide groups is 1. The average molecular weight is 657 g/mol. The molecule has 0 bridgehead atoms. The Kier molecular flexibility index (Phi) is 8.78. The van der Waals surface area contributed by atoms with E-state index in [1.165, 1.54) is 18.2 Å². The summed E-state index contributed by atoms with van der Waals surface area (Å²) in [6.45, 7) is 3.86. The van der Waals surface area contributed by atoms with Crippen molar-refractivity contribution >= 4 is 78.2 Å². The second-order valence-corrected chi connectivity index (χ2v) is 12.3. The first-order chi connectivity index (χ1) is 18.0. The minimum atomic E-state index is -4.14. The normalized spacial score (nSPS) is 14.9. The number of ether oxygens (including phenoxy) is 1. The molecule has 0 N–H and O–H groups in total. The van der Waals surface area contributed by atoms with Gasteiger partial charge in [-0.05, 0) is 95.1 Å². The summed E-state index contributed by atoms with van der Waals surface area (Å²) in [5.74, 6) is -0.349. The summed E-state index contributed by atoms with van der Waals surface area (Å²) in [7, 11) is -4.14. The van der Waals surface area contributed by atoms with Gasteiger partial charge in [-0.15, -0.1) is 0 Å². The third kappa shape index (κ3) is 6.38. The Balaban J connectivity index is 1.61. The SMILES string of the molecule is CCOc1cc(/C=C2\SC(=O)N(Cc3ccc(Cl)c(Cl)c3)C2=O)cc(Br)c1OS(=O)(=O)c1ccc(C)cc1. The van der Waals surface area contributed by atoms with E-state index in [1.54, 1.807) is 49.4 Å². The van der Waals surface area contributed by atoms with Gasteiger partial charge < -0.3 is 8.92 Å². The molecule has 0 radical (unpaired) electrons. The number of thioether (sulfide) groups is 1. The lowest BCUT2D eigenvalue weighted by atomic mass is 10.1. The van der Waals surface area contributed by atoms with E-state index in [0.29, 0.717) is 25.6 Å². The second-order valence-electron chi connectivity index (χ2n) is 8.13. The molecule has 198 valence electrons. The predicted molar refractivity (Wildman–Crippen MR) is 152 cm³/mol. The van der Waals surface area contributed by atoms with Gasteiger partial charge in [0.05, 0.1) is 32.6 Å². The van der Waals surface area contributed by atoms with E-state index >= 15 is 0 Å². The van der Waals surface area contributed by atoms with Crippen LogP contribution < -0.4 is 8.92 Å². The Hall–Kier alpha value is -2.50. The molecule has 7 nitrogen and oxygen atoms in total. The molecule has 3 aromatic rings. The molecule has 1 aliphatic heterocycles. The first-order valence-corrected chi connectivity index (χ1v) is 14.9. The standard InChI is InChI=1S/C26H20BrCl2NO6S2/c1-3-35-22-12-17(10-19(27)24(22)36-38(33,34)18-7-4-15(2)5-8-18)13-23-25(31)30(26(32)37-23)14-16-6-9-20(28)21(29)11-16/h4-13H,3,14H2,1-2H3/b23-13-. The zero-order valence-corrected chi connectivity index (χ0v) is 24.8. The lowest BCUT2D eigenvalue weighted by Gasteiger charge is -2.15. The molecule has 38 heavy (non-hydrogen) atoms. The molecule has 1 fully saturated rings. The van der Waals surface area contributed by atoms with E-state index in [4.69, 9.17) is 32.1 Å². The molecule has 2 amide bonds. The molecule has 0 aromatic heterocycles. The monoisotopic (exact) mass is 655 g/mol. The van der Waals surface area contributed by atoms with E-state index < -0.39 is 21.3 Å². The van der Waals surface area contributed by atoms with E-state index in [1.807, 2.05) is 6.92 Å². The maximum absolute atomic E-state index is 13.0. The third-order valence-electron chi connectivity index (χ3n) is 5.33. The molecule has 0 aliphatic carbocycles. The lowest BCUT2D eigenvalue weighted by Crippen LogP contribution is -2.27. The topological polar surface area (TPSA) is 90.0 Å². The first kappa shape index (κ1) is 28.5. The minimum absolute atomic E-state index is 0.00262. The van der Waals surface area contributed by atoms with Crippen LogP contribution in [-0.4, -0.2) is 31.1 Å². The van der Waals surface area contributed by atoms with Gasteiger partial charge in [0.2, 0.25) is 0 Å². The van der Waals surface area contributed by atoms with Crippen LogP contribution in [0.1, 0.15) is 23.6 Å². The van der Waals surface area contributed by atoms with Crippen molar-refractivity contribution in [2.75, 3.05) is 6.61 Å². The van der Waals surface area contributed by atoms with E-state index in [2.05, 4.69) is 15.9 Å². The summed E-state index contributed by atoms with van der Waals surface area (Å²) in [4.78, 5) is 26.9. The highest BCUT2D eigenvalue weighted by Gasteiger charge is 2.35. The average Bonchev–Trinajstić information content (AvgIpc) is 3.11. The summed E-state index contributed by atoms with van der Waals surface area (Å²) in [6.07, 6.45) is 1.53. The van der Waals surface area contributed by atoms with Crippen LogP contribution in [-0.2, 0) is 21.5 Å². The fourth-order valence-corrected chi connectivity index (χ4v) is 6.25. The van der Waals surface area contributed by atoms with E-state index in [9.17, 15) is 18.0 Å². The zero-order chi connectivity index (χ0) is 27.6. The van der Waals surface area contributed by atoms with Crippen molar-refractivity contribution in [3.63, 3.8) is 0 Å². The van der Waals surface area contributed by atoms with Crippen molar-refractivity contribution in [2.24, 2.45) is 0 Å². The van der Waals surface area contributed by atoms with Gasteiger partial charge in [0.1, 0.15) is 4.90 Å². The number of hydrogen-bond acceptors (Lipinski definition) is 7. The number of halogens is 3. The number of benzene rings is 3. The van der Waals surface area contributed by atoms with Gasteiger partial charge in [-0.25, -0.2) is 0 Å². The number of amides is 2. The Labute approximate surface area is 243 Å². The summed E-state index contributed by atoms with van der Waals surface area (Å²) in [6, 6.07) is 14.3. The smallest absolute Gasteiger partial charge is 0.339 e. The molecule has 3 aromatic carbocycles. The van der Waals surface area contributed by atoms with Crippen molar-refractivity contribution in [3.05, 3.63) is 90.7 Å². The Morgan fingerprint density at radius 2 is 1.74 bits per heavy atom. The maximum Gasteiger partial charge on any atom is 0.339 e. The van der Waals surface area contributed by atoms with Crippen molar-refractivity contribution in [2.45, 2.75) is 25.3 Å². The fraction of sp³-hybridized carbons (Fsp3) is 0.154. The summed E-state index contributed by atoms with van der Waals surface area (Å²) in [5.41, 5.74) is 2.06. The summed E-state index contributed by atoms with van der Waals surface area (Å²) >= 11 is 16.2. The minimum Gasteiger partial charge on any atom is -0.490 e. The van der Waals surface area contributed by atoms with Crippen LogP contribution in [0.2, 0.25) is 10.0 Å². The molecule has 12 heteroatoms. The first-order valence-electron chi connectivity index (χ1n) is 11.2. The molecule has 1 saturated heterocycles. The van der Waals surface area contributed by atoms with Gasteiger partial charge in [0.15, 0.2) is 11.5 Å². The summed E-state index contributed by atoms with van der Waals surface area (Å²) < 4.78 is 37.1. The van der Waals surface area contributed by atoms with Crippen molar-refractivity contribution in [1.29, 1.82) is 0 Å². The van der Waals surface area contributed by atoms with E-state index in [0.717, 1.165) is 22.2 Å². The largest absolute Gasteiger partial charge is 0.490 e. The lowest BCUT2D eigenvalue weighted by molar-refractivity contribution is -0.123. The predicted octanol–water partition coefficient (Wildman–Crippen LogP) is 7.47. The number of nitrogens with zero attached hydrogens (tertiary/aromatic N) is 1. The Bertz CT molecular complexity index is 1560. The highest BCUT2D eigenvalue weighted by Crippen LogP contribution is 2.41. The number of carbonyl (C=O) groups excluding carboxylic acids is 2. The van der Waals surface area contributed by atoms with Crippen LogP contribution in [0.15, 0.2) is 68.9 Å². The molecule has 0 atom stereocenters. The van der Waals surface area contributed by atoms with Gasteiger partial charge in [-0.3, -0.25) is 14.5 Å². The van der Waals surface area contributed by atoms with Crippen LogP contribution >= 0.6 is 50.9 Å². The summed E-state index contributed by atoms with van der Waals surface area (Å²) in [5, 5.41) is 0.270. The molecule has 0 spiro atoms. The van der Waals surface area contributed by atoms with Crippen molar-refractivity contribution in [3.8, 4) is 11.5 Å². The quantitative estimate of drug-likeness (QED) is 0.184. The van der Waals surface area contributed by atoms with Gasteiger partial charge >= 0.3 is 10.1 Å². The fourth-order valence-electron chi connectivity index (χ4n) is 3.49. The number of rotatable bonds is 8. The Morgan fingerprint density at radius 3 is 2.39 bits per heavy atom. The Morgan fingerprint density at radius 1 is 1.03 bits per heavy atom. The van der Waals surface area contributed by atoms with Crippen LogP contribution in [0.25, 0.3) is 6.08 Å². The molecule has 4 rings (SSSR count). The molecule has 0 saturated carbocycles. The zero-order valence-electron chi connectivity index (χ0n) is 20.0. The van der Waals surface area contributed by atoms with Gasteiger partial charge in [-0.1, -0.05) is 47.0 Å². The van der Waals surface area contributed by atoms with Gasteiger partial charge in [0, 0.05) is 0 Å².